The van der Waals surface area contributed by atoms with Crippen LogP contribution >= 0.6 is 11.3 Å². The molecule has 1 fully saturated rings. The van der Waals surface area contributed by atoms with Crippen molar-refractivity contribution in [3.8, 4) is 16.9 Å². The minimum Gasteiger partial charge on any atom is -0.496 e. The second-order valence-corrected chi connectivity index (χ2v) is 11.3. The molecule has 0 atom stereocenters. The van der Waals surface area contributed by atoms with E-state index >= 15 is 0 Å². The number of amides is 2. The summed E-state index contributed by atoms with van der Waals surface area (Å²) in [5, 5.41) is 3.52. The minimum absolute atomic E-state index is 0.0803. The Morgan fingerprint density at radius 2 is 1.87 bits per heavy atom. The number of piperidine rings is 1. The fourth-order valence-electron chi connectivity index (χ4n) is 5.12. The largest absolute Gasteiger partial charge is 0.496 e. The summed E-state index contributed by atoms with van der Waals surface area (Å²) in [5.74, 6) is 0.515. The zero-order chi connectivity index (χ0) is 28.1. The maximum atomic E-state index is 13.9. The Balaban J connectivity index is 1.60. The van der Waals surface area contributed by atoms with E-state index in [1.54, 1.807) is 49.0 Å². The zero-order valence-electron chi connectivity index (χ0n) is 23.5. The van der Waals surface area contributed by atoms with Crippen LogP contribution in [0.4, 0.5) is 0 Å². The summed E-state index contributed by atoms with van der Waals surface area (Å²) in [6.07, 6.45) is 4.29. The first kappa shape index (κ1) is 28.8. The molecule has 39 heavy (non-hydrogen) atoms. The van der Waals surface area contributed by atoms with Gasteiger partial charge < -0.3 is 29.3 Å². The Morgan fingerprint density at radius 3 is 2.51 bits per heavy atom. The van der Waals surface area contributed by atoms with Gasteiger partial charge in [0.2, 0.25) is 11.5 Å². The number of thiophene rings is 1. The number of fused-ring (bicyclic) bond motifs is 1. The van der Waals surface area contributed by atoms with Crippen LogP contribution in [-0.4, -0.2) is 98.1 Å². The summed E-state index contributed by atoms with van der Waals surface area (Å²) < 4.78 is 8.10. The van der Waals surface area contributed by atoms with E-state index in [1.165, 1.54) is 11.3 Å². The van der Waals surface area contributed by atoms with Crippen LogP contribution in [0.15, 0.2) is 41.3 Å². The smallest absolute Gasteiger partial charge is 0.264 e. The van der Waals surface area contributed by atoms with Crippen LogP contribution in [0, 0.1) is 0 Å². The van der Waals surface area contributed by atoms with Gasteiger partial charge in [0.05, 0.1) is 12.0 Å². The molecule has 0 aliphatic carbocycles. The highest BCUT2D eigenvalue weighted by atomic mass is 32.1. The van der Waals surface area contributed by atoms with Gasteiger partial charge in [-0.1, -0.05) is 0 Å². The number of pyridine rings is 1. The number of hydrogen-bond donors (Lipinski definition) is 1. The van der Waals surface area contributed by atoms with E-state index in [2.05, 4.69) is 29.2 Å². The summed E-state index contributed by atoms with van der Waals surface area (Å²) >= 11 is 1.42. The lowest BCUT2D eigenvalue weighted by Crippen LogP contribution is -2.45. The minimum atomic E-state index is -0.0883. The van der Waals surface area contributed by atoms with Gasteiger partial charge in [-0.25, -0.2) is 0 Å². The number of ether oxygens (including phenoxy) is 1. The van der Waals surface area contributed by atoms with E-state index in [1.807, 2.05) is 18.2 Å². The Bertz CT molecular complexity index is 1370. The highest BCUT2D eigenvalue weighted by Gasteiger charge is 2.24. The van der Waals surface area contributed by atoms with E-state index in [9.17, 15) is 14.4 Å². The van der Waals surface area contributed by atoms with Gasteiger partial charge >= 0.3 is 0 Å². The van der Waals surface area contributed by atoms with Crippen LogP contribution in [0.2, 0.25) is 0 Å². The number of nitrogens with zero attached hydrogens (tertiary/aromatic N) is 4. The van der Waals surface area contributed by atoms with Crippen molar-refractivity contribution < 1.29 is 14.3 Å². The van der Waals surface area contributed by atoms with E-state index in [-0.39, 0.29) is 23.8 Å². The first-order chi connectivity index (χ1) is 18.7. The molecule has 0 radical (unpaired) electrons. The summed E-state index contributed by atoms with van der Waals surface area (Å²) in [7, 11) is 9.22. The molecule has 3 heterocycles. The van der Waals surface area contributed by atoms with Crippen molar-refractivity contribution in [3.63, 3.8) is 0 Å². The van der Waals surface area contributed by atoms with E-state index in [4.69, 9.17) is 4.74 Å². The molecule has 9 nitrogen and oxygen atoms in total. The lowest BCUT2D eigenvalue weighted by Gasteiger charge is -2.36. The molecule has 1 aromatic carbocycles. The van der Waals surface area contributed by atoms with Crippen molar-refractivity contribution in [1.82, 2.24) is 24.6 Å². The number of benzene rings is 1. The quantitative estimate of drug-likeness (QED) is 0.416. The van der Waals surface area contributed by atoms with Crippen LogP contribution in [0.1, 0.15) is 28.9 Å². The molecular weight excluding hydrogens is 514 g/mol. The van der Waals surface area contributed by atoms with Crippen molar-refractivity contribution >= 4 is 33.2 Å². The average molecular weight is 554 g/mol. The second-order valence-electron chi connectivity index (χ2n) is 10.3. The topological polar surface area (TPSA) is 87.1 Å². The number of likely N-dealkylation sites (tertiary alicyclic amines) is 1. The van der Waals surface area contributed by atoms with Gasteiger partial charge in [-0.3, -0.25) is 14.4 Å². The number of nitrogens with one attached hydrogen (secondary N) is 1. The number of carbonyl (C=O) groups is 2. The van der Waals surface area contributed by atoms with Crippen LogP contribution < -0.4 is 15.6 Å². The molecule has 10 heteroatoms. The van der Waals surface area contributed by atoms with Gasteiger partial charge in [0, 0.05) is 74.1 Å². The van der Waals surface area contributed by atoms with Crippen molar-refractivity contribution in [2.75, 3.05) is 61.0 Å². The maximum absolute atomic E-state index is 13.9. The predicted molar refractivity (Wildman–Crippen MR) is 157 cm³/mol. The number of aromatic nitrogens is 1. The van der Waals surface area contributed by atoms with E-state index in [0.717, 1.165) is 53.7 Å². The van der Waals surface area contributed by atoms with E-state index in [0.29, 0.717) is 29.8 Å². The Kier molecular flexibility index (Phi) is 9.42. The van der Waals surface area contributed by atoms with Crippen LogP contribution in [0.5, 0.6) is 5.75 Å². The first-order valence-electron chi connectivity index (χ1n) is 13.4. The van der Waals surface area contributed by atoms with Gasteiger partial charge in [0.1, 0.15) is 5.75 Å². The molecule has 1 aliphatic heterocycles. The third-order valence-electron chi connectivity index (χ3n) is 7.62. The van der Waals surface area contributed by atoms with E-state index < -0.39 is 0 Å². The molecule has 1 aliphatic rings. The van der Waals surface area contributed by atoms with Gasteiger partial charge in [-0.15, -0.1) is 11.3 Å². The molecule has 0 bridgehead atoms. The molecule has 0 unspecified atom stereocenters. The monoisotopic (exact) mass is 553 g/mol. The van der Waals surface area contributed by atoms with Gasteiger partial charge in [-0.05, 0) is 69.9 Å². The number of carbonyl (C=O) groups excluding carboxylic acids is 2. The molecule has 1 N–H and O–H groups in total. The highest BCUT2D eigenvalue weighted by molar-refractivity contribution is 7.21. The van der Waals surface area contributed by atoms with Gasteiger partial charge in [0.25, 0.3) is 5.91 Å². The number of aryl methyl sites for hydroxylation is 1. The van der Waals surface area contributed by atoms with Gasteiger partial charge in [-0.2, -0.15) is 0 Å². The molecular formula is C29H39N5O4S. The maximum Gasteiger partial charge on any atom is 0.264 e. The van der Waals surface area contributed by atoms with Crippen molar-refractivity contribution in [3.05, 3.63) is 51.8 Å². The summed E-state index contributed by atoms with van der Waals surface area (Å²) in [6.45, 7) is 3.69. The third kappa shape index (κ3) is 6.69. The molecule has 210 valence electrons. The molecule has 0 spiro atoms. The Morgan fingerprint density at radius 1 is 1.13 bits per heavy atom. The molecule has 2 amide bonds. The number of methoxy groups -OCH3 is 1. The predicted octanol–water partition coefficient (Wildman–Crippen LogP) is 2.88. The van der Waals surface area contributed by atoms with Crippen LogP contribution in [0.3, 0.4) is 0 Å². The van der Waals surface area contributed by atoms with Crippen molar-refractivity contribution in [1.29, 1.82) is 0 Å². The van der Waals surface area contributed by atoms with Crippen molar-refractivity contribution in [2.45, 2.75) is 25.3 Å². The molecule has 0 saturated carbocycles. The fraction of sp³-hybridized carbons (Fsp3) is 0.483. The van der Waals surface area contributed by atoms with Gasteiger partial charge in [0.15, 0.2) is 0 Å². The number of rotatable bonds is 10. The SMILES string of the molecule is CNC(=O)CCN(CCN1CCC(N(C)C)CC1)C(=O)c1cc2c(OC)ccc(-c3ccc(=O)n(C)c3)c2s1. The Labute approximate surface area is 234 Å². The van der Waals surface area contributed by atoms with Crippen molar-refractivity contribution in [2.24, 2.45) is 7.05 Å². The van der Waals surface area contributed by atoms with Crippen LogP contribution in [0.25, 0.3) is 21.2 Å². The lowest BCUT2D eigenvalue weighted by atomic mass is 10.0. The lowest BCUT2D eigenvalue weighted by molar-refractivity contribution is -0.120. The second kappa shape index (κ2) is 12.8. The average Bonchev–Trinajstić information content (AvgIpc) is 3.39. The Hall–Kier alpha value is -3.21. The summed E-state index contributed by atoms with van der Waals surface area (Å²) in [4.78, 5) is 45.0. The normalized spacial score (nSPS) is 14.6. The van der Waals surface area contributed by atoms with Crippen LogP contribution in [-0.2, 0) is 11.8 Å². The molecule has 4 rings (SSSR count). The molecule has 2 aromatic heterocycles. The summed E-state index contributed by atoms with van der Waals surface area (Å²) in [6, 6.07) is 9.70. The summed E-state index contributed by atoms with van der Waals surface area (Å²) in [5.41, 5.74) is 1.75. The highest BCUT2D eigenvalue weighted by Crippen LogP contribution is 2.40. The molecule has 3 aromatic rings. The fourth-order valence-corrected chi connectivity index (χ4v) is 6.29. The number of hydrogen-bond acceptors (Lipinski definition) is 7. The third-order valence-corrected chi connectivity index (χ3v) is 8.78. The molecule has 1 saturated heterocycles. The standard InChI is InChI=1S/C29H39N5O4S/c1-30-26(35)12-15-34(17-16-33-13-10-21(11-14-33)31(2)3)29(37)25-18-23-24(38-5)8-7-22(28(23)39-25)20-6-9-27(36)32(4)19-20/h6-9,18-19,21H,10-17H2,1-5H3,(H,30,35). The first-order valence-corrected chi connectivity index (χ1v) is 14.2. The zero-order valence-corrected chi connectivity index (χ0v) is 24.3.